The maximum atomic E-state index is 14.7. The Labute approximate surface area is 190 Å². The van der Waals surface area contributed by atoms with E-state index in [0.717, 1.165) is 10.0 Å². The molecule has 0 saturated heterocycles. The Morgan fingerprint density at radius 3 is 2.59 bits per heavy atom. The van der Waals surface area contributed by atoms with Crippen molar-refractivity contribution in [1.82, 2.24) is 4.98 Å². The van der Waals surface area contributed by atoms with Crippen LogP contribution < -0.4 is 5.32 Å². The molecule has 0 atom stereocenters. The molecule has 3 aromatic carbocycles. The molecule has 160 valence electrons. The van der Waals surface area contributed by atoms with Crippen LogP contribution in [0.25, 0.3) is 28.6 Å². The molecule has 0 aliphatic rings. The lowest BCUT2D eigenvalue weighted by Gasteiger charge is -2.08. The number of aliphatic carboxylic acids is 1. The summed E-state index contributed by atoms with van der Waals surface area (Å²) in [5.41, 5.74) is 3.08. The Morgan fingerprint density at radius 1 is 1.12 bits per heavy atom. The van der Waals surface area contributed by atoms with Gasteiger partial charge in [0.1, 0.15) is 11.3 Å². The zero-order valence-corrected chi connectivity index (χ0v) is 18.1. The van der Waals surface area contributed by atoms with Gasteiger partial charge in [0.05, 0.1) is 17.8 Å². The Balaban J connectivity index is 1.58. The van der Waals surface area contributed by atoms with Crippen LogP contribution in [0.3, 0.4) is 0 Å². The Bertz CT molecular complexity index is 1350. The number of nitrogens with one attached hydrogen (secondary N) is 1. The van der Waals surface area contributed by atoms with Crippen molar-refractivity contribution >= 4 is 51.0 Å². The van der Waals surface area contributed by atoms with Gasteiger partial charge in [0, 0.05) is 10.0 Å². The number of aldehydes is 1. The van der Waals surface area contributed by atoms with Gasteiger partial charge in [-0.25, -0.2) is 9.37 Å². The lowest BCUT2D eigenvalue weighted by molar-refractivity contribution is -0.136. The van der Waals surface area contributed by atoms with Crippen molar-refractivity contribution in [1.29, 1.82) is 0 Å². The van der Waals surface area contributed by atoms with Crippen LogP contribution in [0.2, 0.25) is 0 Å². The second-order valence-electron chi connectivity index (χ2n) is 6.98. The van der Waals surface area contributed by atoms with Gasteiger partial charge in [-0.2, -0.15) is 0 Å². The Morgan fingerprint density at radius 2 is 1.91 bits per heavy atom. The first-order chi connectivity index (χ1) is 15.4. The van der Waals surface area contributed by atoms with Crippen LogP contribution in [-0.4, -0.2) is 22.3 Å². The summed E-state index contributed by atoms with van der Waals surface area (Å²) in [6.45, 7) is 0. The topological polar surface area (TPSA) is 92.4 Å². The minimum absolute atomic E-state index is 0.125. The molecule has 0 aliphatic carbocycles. The van der Waals surface area contributed by atoms with E-state index in [9.17, 15) is 14.0 Å². The van der Waals surface area contributed by atoms with Crippen molar-refractivity contribution in [2.75, 3.05) is 5.32 Å². The first-order valence-electron chi connectivity index (χ1n) is 9.52. The van der Waals surface area contributed by atoms with Crippen LogP contribution in [0.1, 0.15) is 11.1 Å². The molecule has 0 unspecified atom stereocenters. The Kier molecular flexibility index (Phi) is 6.13. The average molecular weight is 495 g/mol. The van der Waals surface area contributed by atoms with Gasteiger partial charge in [-0.1, -0.05) is 34.1 Å². The number of hydrogen-bond donors (Lipinski definition) is 2. The van der Waals surface area contributed by atoms with E-state index in [1.54, 1.807) is 30.3 Å². The number of hydrogen-bond acceptors (Lipinski definition) is 5. The number of nitrogens with zero attached hydrogens (tertiary/aromatic N) is 1. The van der Waals surface area contributed by atoms with E-state index in [2.05, 4.69) is 26.2 Å². The minimum atomic E-state index is -0.942. The number of aromatic nitrogens is 1. The number of rotatable bonds is 7. The van der Waals surface area contributed by atoms with Crippen LogP contribution >= 0.6 is 15.9 Å². The molecule has 4 rings (SSSR count). The van der Waals surface area contributed by atoms with E-state index in [1.165, 1.54) is 12.1 Å². The number of halogens is 2. The molecule has 6 nitrogen and oxygen atoms in total. The van der Waals surface area contributed by atoms with Gasteiger partial charge < -0.3 is 14.8 Å². The minimum Gasteiger partial charge on any atom is -0.481 e. The molecule has 0 radical (unpaired) electrons. The third-order valence-electron chi connectivity index (χ3n) is 4.62. The molecule has 0 spiro atoms. The molecule has 0 amide bonds. The average Bonchev–Trinajstić information content (AvgIpc) is 3.19. The smallest absolute Gasteiger partial charge is 0.307 e. The number of carboxylic acid groups (broad SMARTS) is 1. The SMILES string of the molecule is O=C/C(=C/c1ccc(Br)cc1)Nc1ccc(-c2nc3cc(CC(=O)O)ccc3o2)cc1F. The molecule has 1 heterocycles. The molecular weight excluding hydrogens is 479 g/mol. The zero-order chi connectivity index (χ0) is 22.7. The van der Waals surface area contributed by atoms with Crippen molar-refractivity contribution in [2.45, 2.75) is 6.42 Å². The molecule has 0 aliphatic heterocycles. The molecule has 2 N–H and O–H groups in total. The van der Waals surface area contributed by atoms with Gasteiger partial charge in [0.2, 0.25) is 5.89 Å². The predicted molar refractivity (Wildman–Crippen MR) is 123 cm³/mol. The van der Waals surface area contributed by atoms with Gasteiger partial charge in [-0.15, -0.1) is 0 Å². The summed E-state index contributed by atoms with van der Waals surface area (Å²) in [6.07, 6.45) is 2.10. The first-order valence-corrected chi connectivity index (χ1v) is 10.3. The third kappa shape index (κ3) is 4.92. The highest BCUT2D eigenvalue weighted by atomic mass is 79.9. The molecule has 1 aromatic heterocycles. The van der Waals surface area contributed by atoms with Crippen LogP contribution in [0.15, 0.2) is 75.3 Å². The fraction of sp³-hybridized carbons (Fsp3) is 0.0417. The highest BCUT2D eigenvalue weighted by Gasteiger charge is 2.13. The van der Waals surface area contributed by atoms with Crippen molar-refractivity contribution < 1.29 is 23.5 Å². The normalized spacial score (nSPS) is 11.5. The number of benzene rings is 3. The van der Waals surface area contributed by atoms with Crippen molar-refractivity contribution in [3.63, 3.8) is 0 Å². The number of carbonyl (C=O) groups is 2. The van der Waals surface area contributed by atoms with E-state index in [4.69, 9.17) is 9.52 Å². The standard InChI is InChI=1S/C24H16BrFN2O4/c25-17-5-1-14(2-6-17)9-18(13-29)27-20-7-4-16(12-19(20)26)24-28-21-10-15(11-23(30)31)3-8-22(21)32-24/h1-10,12-13,27H,11H2,(H,30,31)/b18-9-. The molecule has 0 bridgehead atoms. The van der Waals surface area contributed by atoms with Crippen LogP contribution in [0.4, 0.5) is 10.1 Å². The lowest BCUT2D eigenvalue weighted by Crippen LogP contribution is -2.02. The highest BCUT2D eigenvalue weighted by Crippen LogP contribution is 2.28. The lowest BCUT2D eigenvalue weighted by atomic mass is 10.1. The van der Waals surface area contributed by atoms with E-state index >= 15 is 0 Å². The van der Waals surface area contributed by atoms with Crippen molar-refractivity contribution in [2.24, 2.45) is 0 Å². The number of oxazole rings is 1. The zero-order valence-electron chi connectivity index (χ0n) is 16.5. The second-order valence-corrected chi connectivity index (χ2v) is 7.90. The van der Waals surface area contributed by atoms with Crippen molar-refractivity contribution in [3.05, 3.63) is 87.8 Å². The summed E-state index contributed by atoms with van der Waals surface area (Å²) in [6, 6.07) is 16.6. The summed E-state index contributed by atoms with van der Waals surface area (Å²) in [4.78, 5) is 26.7. The van der Waals surface area contributed by atoms with Crippen LogP contribution in [-0.2, 0) is 16.0 Å². The van der Waals surface area contributed by atoms with Crippen molar-refractivity contribution in [3.8, 4) is 11.5 Å². The maximum absolute atomic E-state index is 14.7. The van der Waals surface area contributed by atoms with Gasteiger partial charge in [0.25, 0.3) is 0 Å². The van der Waals surface area contributed by atoms with Gasteiger partial charge in [-0.3, -0.25) is 9.59 Å². The quantitative estimate of drug-likeness (QED) is 0.253. The summed E-state index contributed by atoms with van der Waals surface area (Å²) in [5, 5.41) is 11.7. The molecule has 8 heteroatoms. The van der Waals surface area contributed by atoms with Crippen LogP contribution in [0.5, 0.6) is 0 Å². The molecule has 0 saturated carbocycles. The van der Waals surface area contributed by atoms with E-state index in [0.29, 0.717) is 28.5 Å². The monoisotopic (exact) mass is 494 g/mol. The second kappa shape index (κ2) is 9.15. The summed E-state index contributed by atoms with van der Waals surface area (Å²) in [7, 11) is 0. The predicted octanol–water partition coefficient (Wildman–Crippen LogP) is 5.68. The number of fused-ring (bicyclic) bond motifs is 1. The van der Waals surface area contributed by atoms with Gasteiger partial charge in [-0.05, 0) is 59.7 Å². The molecule has 0 fully saturated rings. The fourth-order valence-electron chi connectivity index (χ4n) is 3.12. The number of anilines is 1. The third-order valence-corrected chi connectivity index (χ3v) is 5.15. The molecule has 4 aromatic rings. The first kappa shape index (κ1) is 21.5. The highest BCUT2D eigenvalue weighted by molar-refractivity contribution is 9.10. The Hall–Kier alpha value is -3.78. The maximum Gasteiger partial charge on any atom is 0.307 e. The number of carbonyl (C=O) groups excluding carboxylic acids is 1. The van der Waals surface area contributed by atoms with Gasteiger partial charge in [0.15, 0.2) is 11.9 Å². The molecular formula is C24H16BrFN2O4. The van der Waals surface area contributed by atoms with Crippen LogP contribution in [0, 0.1) is 5.82 Å². The summed E-state index contributed by atoms with van der Waals surface area (Å²) >= 11 is 3.35. The fourth-order valence-corrected chi connectivity index (χ4v) is 3.39. The summed E-state index contributed by atoms with van der Waals surface area (Å²) in [5.74, 6) is -1.32. The van der Waals surface area contributed by atoms with E-state index in [-0.39, 0.29) is 23.7 Å². The van der Waals surface area contributed by atoms with Gasteiger partial charge >= 0.3 is 5.97 Å². The van der Waals surface area contributed by atoms with E-state index in [1.807, 2.05) is 24.3 Å². The largest absolute Gasteiger partial charge is 0.481 e. The number of allylic oxidation sites excluding steroid dienone is 1. The molecule has 32 heavy (non-hydrogen) atoms. The number of carboxylic acids is 1. The van der Waals surface area contributed by atoms with E-state index < -0.39 is 11.8 Å². The summed E-state index contributed by atoms with van der Waals surface area (Å²) < 4.78 is 21.3.